The van der Waals surface area contributed by atoms with Crippen LogP contribution in [0.2, 0.25) is 0 Å². The Labute approximate surface area is 69.9 Å². The van der Waals surface area contributed by atoms with E-state index < -0.39 is 0 Å². The minimum Gasteiger partial charge on any atom is -0.382 e. The summed E-state index contributed by atoms with van der Waals surface area (Å²) in [6.07, 6.45) is 3.36. The summed E-state index contributed by atoms with van der Waals surface area (Å²) in [5.41, 5.74) is 0. The number of hydrogen-bond donors (Lipinski definition) is 0. The molecule has 11 heavy (non-hydrogen) atoms. The first-order valence-electron chi connectivity index (χ1n) is 4.57. The van der Waals surface area contributed by atoms with E-state index in [2.05, 4.69) is 6.92 Å². The van der Waals surface area contributed by atoms with Gasteiger partial charge in [0, 0.05) is 26.4 Å². The molecule has 0 N–H and O–H groups in total. The largest absolute Gasteiger partial charge is 0.382 e. The molecule has 0 aromatic rings. The highest BCUT2D eigenvalue weighted by molar-refractivity contribution is 4.37. The highest BCUT2D eigenvalue weighted by Crippen LogP contribution is 1.91. The van der Waals surface area contributed by atoms with Gasteiger partial charge < -0.3 is 9.47 Å². The fraction of sp³-hybridized carbons (Fsp3) is 1.00. The molecule has 0 saturated heterocycles. The maximum Gasteiger partial charge on any atom is 0.0466 e. The standard InChI is InChI=1S/C9H20O2/c1-3-7-11-9-6-5-8-10-4-2/h3-9H2,1-2H3. The Morgan fingerprint density at radius 3 is 2.00 bits per heavy atom. The Kier molecular flexibility index (Phi) is 9.85. The molecule has 2 heteroatoms. The number of hydrogen-bond acceptors (Lipinski definition) is 2. The lowest BCUT2D eigenvalue weighted by atomic mass is 10.3. The normalized spacial score (nSPS) is 10.4. The van der Waals surface area contributed by atoms with Crippen molar-refractivity contribution in [1.82, 2.24) is 0 Å². The number of ether oxygens (including phenoxy) is 2. The Bertz CT molecular complexity index is 56.6. The van der Waals surface area contributed by atoms with Gasteiger partial charge in [0.15, 0.2) is 0 Å². The summed E-state index contributed by atoms with van der Waals surface area (Å²) in [5.74, 6) is 0. The zero-order valence-electron chi connectivity index (χ0n) is 7.77. The second-order valence-corrected chi connectivity index (χ2v) is 2.52. The van der Waals surface area contributed by atoms with Crippen LogP contribution in [0.4, 0.5) is 0 Å². The van der Waals surface area contributed by atoms with Crippen LogP contribution in [0.1, 0.15) is 33.1 Å². The van der Waals surface area contributed by atoms with Crippen molar-refractivity contribution >= 4 is 0 Å². The van der Waals surface area contributed by atoms with Crippen LogP contribution in [0.25, 0.3) is 0 Å². The van der Waals surface area contributed by atoms with Gasteiger partial charge in [0.05, 0.1) is 0 Å². The van der Waals surface area contributed by atoms with Gasteiger partial charge in [0.25, 0.3) is 0 Å². The lowest BCUT2D eigenvalue weighted by Gasteiger charge is -2.02. The lowest BCUT2D eigenvalue weighted by molar-refractivity contribution is 0.108. The Hall–Kier alpha value is -0.0800. The fourth-order valence-electron chi connectivity index (χ4n) is 0.799. The molecule has 0 fully saturated rings. The molecule has 0 spiro atoms. The van der Waals surface area contributed by atoms with E-state index in [-0.39, 0.29) is 0 Å². The Morgan fingerprint density at radius 2 is 1.45 bits per heavy atom. The van der Waals surface area contributed by atoms with Crippen LogP contribution >= 0.6 is 0 Å². The average molecular weight is 160 g/mol. The predicted molar refractivity (Wildman–Crippen MR) is 46.8 cm³/mol. The van der Waals surface area contributed by atoms with Crippen LogP contribution in [0.15, 0.2) is 0 Å². The summed E-state index contributed by atoms with van der Waals surface area (Å²) in [7, 11) is 0. The van der Waals surface area contributed by atoms with Crippen molar-refractivity contribution in [1.29, 1.82) is 0 Å². The molecular weight excluding hydrogens is 140 g/mol. The molecule has 0 atom stereocenters. The first-order valence-corrected chi connectivity index (χ1v) is 4.57. The molecule has 0 heterocycles. The van der Waals surface area contributed by atoms with Gasteiger partial charge in [-0.3, -0.25) is 0 Å². The second-order valence-electron chi connectivity index (χ2n) is 2.52. The quantitative estimate of drug-likeness (QED) is 0.507. The molecule has 2 nitrogen and oxygen atoms in total. The molecule has 0 saturated carbocycles. The van der Waals surface area contributed by atoms with Crippen molar-refractivity contribution in [3.05, 3.63) is 0 Å². The van der Waals surface area contributed by atoms with Gasteiger partial charge in [-0.2, -0.15) is 0 Å². The molecule has 0 aliphatic heterocycles. The summed E-state index contributed by atoms with van der Waals surface area (Å²) >= 11 is 0. The maximum atomic E-state index is 5.31. The molecule has 0 aromatic heterocycles. The third-order valence-corrected chi connectivity index (χ3v) is 1.38. The van der Waals surface area contributed by atoms with Crippen LogP contribution in [0.5, 0.6) is 0 Å². The monoisotopic (exact) mass is 160 g/mol. The van der Waals surface area contributed by atoms with Gasteiger partial charge >= 0.3 is 0 Å². The summed E-state index contributed by atoms with van der Waals surface area (Å²) in [6.45, 7) is 7.64. The van der Waals surface area contributed by atoms with E-state index in [0.29, 0.717) is 0 Å². The van der Waals surface area contributed by atoms with Crippen molar-refractivity contribution in [3.8, 4) is 0 Å². The highest BCUT2D eigenvalue weighted by Gasteiger charge is 1.88. The van der Waals surface area contributed by atoms with Crippen LogP contribution in [0.3, 0.4) is 0 Å². The van der Waals surface area contributed by atoms with Gasteiger partial charge in [-0.05, 0) is 26.2 Å². The van der Waals surface area contributed by atoms with E-state index in [1.165, 1.54) is 0 Å². The first-order chi connectivity index (χ1) is 5.41. The molecular formula is C9H20O2. The number of rotatable bonds is 8. The van der Waals surface area contributed by atoms with Crippen molar-refractivity contribution in [2.75, 3.05) is 26.4 Å². The van der Waals surface area contributed by atoms with E-state index in [1.807, 2.05) is 6.92 Å². The van der Waals surface area contributed by atoms with Gasteiger partial charge in [-0.25, -0.2) is 0 Å². The van der Waals surface area contributed by atoms with Crippen molar-refractivity contribution in [2.45, 2.75) is 33.1 Å². The van der Waals surface area contributed by atoms with E-state index in [9.17, 15) is 0 Å². The molecule has 0 aliphatic carbocycles. The SMILES string of the molecule is CCCOCCCCOCC. The van der Waals surface area contributed by atoms with E-state index >= 15 is 0 Å². The predicted octanol–water partition coefficient (Wildman–Crippen LogP) is 2.23. The second kappa shape index (κ2) is 9.92. The summed E-state index contributed by atoms with van der Waals surface area (Å²) in [4.78, 5) is 0. The molecule has 0 amide bonds. The Balaban J connectivity index is 2.69. The van der Waals surface area contributed by atoms with Gasteiger partial charge in [-0.15, -0.1) is 0 Å². The zero-order valence-corrected chi connectivity index (χ0v) is 7.77. The third-order valence-electron chi connectivity index (χ3n) is 1.38. The van der Waals surface area contributed by atoms with Crippen LogP contribution in [-0.4, -0.2) is 26.4 Å². The van der Waals surface area contributed by atoms with E-state index in [1.54, 1.807) is 0 Å². The molecule has 0 bridgehead atoms. The van der Waals surface area contributed by atoms with Gasteiger partial charge in [0.2, 0.25) is 0 Å². The molecule has 0 aliphatic rings. The summed E-state index contributed by atoms with van der Waals surface area (Å²) < 4.78 is 10.5. The fourth-order valence-corrected chi connectivity index (χ4v) is 0.799. The van der Waals surface area contributed by atoms with E-state index in [0.717, 1.165) is 45.7 Å². The third kappa shape index (κ3) is 9.92. The lowest BCUT2D eigenvalue weighted by Crippen LogP contribution is -1.99. The molecule has 68 valence electrons. The highest BCUT2D eigenvalue weighted by atomic mass is 16.5. The Morgan fingerprint density at radius 1 is 0.818 bits per heavy atom. The molecule has 0 radical (unpaired) electrons. The summed E-state index contributed by atoms with van der Waals surface area (Å²) in [6, 6.07) is 0. The minimum atomic E-state index is 0.829. The minimum absolute atomic E-state index is 0.829. The maximum absolute atomic E-state index is 5.31. The molecule has 0 unspecified atom stereocenters. The topological polar surface area (TPSA) is 18.5 Å². The molecule has 0 aromatic carbocycles. The number of unbranched alkanes of at least 4 members (excludes halogenated alkanes) is 1. The van der Waals surface area contributed by atoms with Crippen LogP contribution < -0.4 is 0 Å². The van der Waals surface area contributed by atoms with Gasteiger partial charge in [0.1, 0.15) is 0 Å². The van der Waals surface area contributed by atoms with Crippen LogP contribution in [0, 0.1) is 0 Å². The van der Waals surface area contributed by atoms with Crippen LogP contribution in [-0.2, 0) is 9.47 Å². The van der Waals surface area contributed by atoms with Crippen molar-refractivity contribution in [3.63, 3.8) is 0 Å². The first kappa shape index (κ1) is 10.9. The van der Waals surface area contributed by atoms with Crippen molar-refractivity contribution in [2.24, 2.45) is 0 Å². The molecule has 0 rings (SSSR count). The summed E-state index contributed by atoms with van der Waals surface area (Å²) in [5, 5.41) is 0. The van der Waals surface area contributed by atoms with E-state index in [4.69, 9.17) is 9.47 Å². The van der Waals surface area contributed by atoms with Gasteiger partial charge in [-0.1, -0.05) is 6.92 Å². The average Bonchev–Trinajstić information content (AvgIpc) is 2.03. The smallest absolute Gasteiger partial charge is 0.0466 e. The van der Waals surface area contributed by atoms with Crippen molar-refractivity contribution < 1.29 is 9.47 Å². The zero-order chi connectivity index (χ0) is 8.36.